The van der Waals surface area contributed by atoms with Gasteiger partial charge < -0.3 is 10.6 Å². The number of carbonyl (C=O) groups is 1. The van der Waals surface area contributed by atoms with Crippen LogP contribution in [-0.2, 0) is 4.79 Å². The van der Waals surface area contributed by atoms with Crippen LogP contribution >= 0.6 is 0 Å². The standard InChI is InChI=1S/C20H21N3O/c21-19-10-8-16(15-22-19)9-11-20(24)23-13-4-7-18(12-14-23)17-5-2-1-3-6-17/h1-3,5-11,15H,4,12-14H2,(H2,21,22)/b11-9+. The Hall–Kier alpha value is -2.88. The van der Waals surface area contributed by atoms with E-state index in [4.69, 9.17) is 5.73 Å². The van der Waals surface area contributed by atoms with Crippen molar-refractivity contribution in [3.05, 3.63) is 71.9 Å². The molecule has 2 N–H and O–H groups in total. The maximum Gasteiger partial charge on any atom is 0.246 e. The normalized spacial score (nSPS) is 15.2. The first-order valence-electron chi connectivity index (χ1n) is 8.15. The summed E-state index contributed by atoms with van der Waals surface area (Å²) >= 11 is 0. The molecule has 2 aromatic rings. The Balaban J connectivity index is 1.60. The van der Waals surface area contributed by atoms with Crippen molar-refractivity contribution in [1.82, 2.24) is 9.88 Å². The molecule has 24 heavy (non-hydrogen) atoms. The van der Waals surface area contributed by atoms with Gasteiger partial charge in [0.2, 0.25) is 5.91 Å². The fourth-order valence-corrected chi connectivity index (χ4v) is 2.79. The first-order chi connectivity index (χ1) is 11.7. The maximum atomic E-state index is 12.4. The zero-order valence-electron chi connectivity index (χ0n) is 13.6. The molecule has 1 aromatic heterocycles. The van der Waals surface area contributed by atoms with Crippen LogP contribution in [0.1, 0.15) is 24.0 Å². The van der Waals surface area contributed by atoms with Gasteiger partial charge in [-0.1, -0.05) is 36.4 Å². The lowest BCUT2D eigenvalue weighted by Gasteiger charge is -2.18. The topological polar surface area (TPSA) is 59.2 Å². The molecular formula is C20H21N3O. The molecule has 0 bridgehead atoms. The van der Waals surface area contributed by atoms with Crippen molar-refractivity contribution in [3.8, 4) is 0 Å². The van der Waals surface area contributed by atoms with Crippen LogP contribution in [0.3, 0.4) is 0 Å². The van der Waals surface area contributed by atoms with E-state index in [9.17, 15) is 4.79 Å². The molecule has 0 saturated carbocycles. The average molecular weight is 319 g/mol. The van der Waals surface area contributed by atoms with E-state index in [1.165, 1.54) is 11.1 Å². The number of carbonyl (C=O) groups excluding carboxylic acids is 1. The molecule has 2 heterocycles. The number of benzene rings is 1. The molecular weight excluding hydrogens is 298 g/mol. The lowest BCUT2D eigenvalue weighted by Crippen LogP contribution is -2.30. The van der Waals surface area contributed by atoms with Crippen molar-refractivity contribution < 1.29 is 4.79 Å². The summed E-state index contributed by atoms with van der Waals surface area (Å²) in [6.45, 7) is 1.49. The average Bonchev–Trinajstić information content (AvgIpc) is 2.88. The Morgan fingerprint density at radius 3 is 2.71 bits per heavy atom. The molecule has 122 valence electrons. The van der Waals surface area contributed by atoms with Crippen molar-refractivity contribution in [2.24, 2.45) is 0 Å². The van der Waals surface area contributed by atoms with E-state index >= 15 is 0 Å². The van der Waals surface area contributed by atoms with E-state index in [0.717, 1.165) is 31.5 Å². The molecule has 4 heteroatoms. The lowest BCUT2D eigenvalue weighted by atomic mass is 10.0. The van der Waals surface area contributed by atoms with E-state index in [1.54, 1.807) is 24.4 Å². The molecule has 0 unspecified atom stereocenters. The summed E-state index contributed by atoms with van der Waals surface area (Å²) in [6.07, 6.45) is 9.07. The molecule has 0 atom stereocenters. The summed E-state index contributed by atoms with van der Waals surface area (Å²) in [5.74, 6) is 0.514. The van der Waals surface area contributed by atoms with E-state index in [2.05, 4.69) is 23.2 Å². The van der Waals surface area contributed by atoms with Crippen LogP contribution in [-0.4, -0.2) is 28.9 Å². The van der Waals surface area contributed by atoms with Crippen LogP contribution in [0.5, 0.6) is 0 Å². The highest BCUT2D eigenvalue weighted by Crippen LogP contribution is 2.22. The summed E-state index contributed by atoms with van der Waals surface area (Å²) < 4.78 is 0. The number of nitrogens with zero attached hydrogens (tertiary/aromatic N) is 2. The summed E-state index contributed by atoms with van der Waals surface area (Å²) in [4.78, 5) is 18.3. The van der Waals surface area contributed by atoms with Gasteiger partial charge in [0, 0.05) is 25.4 Å². The van der Waals surface area contributed by atoms with Gasteiger partial charge in [-0.3, -0.25) is 4.79 Å². The van der Waals surface area contributed by atoms with E-state index in [0.29, 0.717) is 5.82 Å². The Bertz CT molecular complexity index is 748. The smallest absolute Gasteiger partial charge is 0.246 e. The minimum Gasteiger partial charge on any atom is -0.384 e. The molecule has 0 fully saturated rings. The molecule has 0 aliphatic carbocycles. The zero-order valence-corrected chi connectivity index (χ0v) is 13.6. The third-order valence-electron chi connectivity index (χ3n) is 4.12. The molecule has 1 aliphatic rings. The van der Waals surface area contributed by atoms with Crippen molar-refractivity contribution in [2.45, 2.75) is 12.8 Å². The Morgan fingerprint density at radius 2 is 1.96 bits per heavy atom. The minimum atomic E-state index is 0.0366. The zero-order chi connectivity index (χ0) is 16.8. The van der Waals surface area contributed by atoms with Gasteiger partial charge in [0.05, 0.1) is 0 Å². The monoisotopic (exact) mass is 319 g/mol. The third kappa shape index (κ3) is 4.10. The summed E-state index contributed by atoms with van der Waals surface area (Å²) in [7, 11) is 0. The second kappa shape index (κ2) is 7.59. The Morgan fingerprint density at radius 1 is 1.12 bits per heavy atom. The predicted octanol–water partition coefficient (Wildman–Crippen LogP) is 3.38. The molecule has 0 radical (unpaired) electrons. The van der Waals surface area contributed by atoms with E-state index in [1.807, 2.05) is 29.2 Å². The third-order valence-corrected chi connectivity index (χ3v) is 4.12. The molecule has 1 aliphatic heterocycles. The molecule has 0 spiro atoms. The minimum absolute atomic E-state index is 0.0366. The van der Waals surface area contributed by atoms with Crippen molar-refractivity contribution in [3.63, 3.8) is 0 Å². The first kappa shape index (κ1) is 16.0. The number of aromatic nitrogens is 1. The highest BCUT2D eigenvalue weighted by Gasteiger charge is 2.14. The van der Waals surface area contributed by atoms with Crippen molar-refractivity contribution in [1.29, 1.82) is 0 Å². The number of amides is 1. The molecule has 3 rings (SSSR count). The number of hydrogen-bond donors (Lipinski definition) is 1. The Kier molecular flexibility index (Phi) is 5.06. The van der Waals surface area contributed by atoms with Gasteiger partial charge in [0.15, 0.2) is 0 Å². The summed E-state index contributed by atoms with van der Waals surface area (Å²) in [5, 5.41) is 0. The van der Waals surface area contributed by atoms with Crippen molar-refractivity contribution >= 4 is 23.4 Å². The van der Waals surface area contributed by atoms with E-state index < -0.39 is 0 Å². The van der Waals surface area contributed by atoms with Gasteiger partial charge >= 0.3 is 0 Å². The fourth-order valence-electron chi connectivity index (χ4n) is 2.79. The molecule has 4 nitrogen and oxygen atoms in total. The van der Waals surface area contributed by atoms with Crippen LogP contribution in [0, 0.1) is 0 Å². The summed E-state index contributed by atoms with van der Waals surface area (Å²) in [6, 6.07) is 13.9. The number of hydrogen-bond acceptors (Lipinski definition) is 3. The van der Waals surface area contributed by atoms with E-state index in [-0.39, 0.29) is 5.91 Å². The summed E-state index contributed by atoms with van der Waals surface area (Å²) in [5.41, 5.74) is 9.00. The van der Waals surface area contributed by atoms with Gasteiger partial charge in [-0.05, 0) is 47.8 Å². The van der Waals surface area contributed by atoms with Crippen LogP contribution < -0.4 is 5.73 Å². The highest BCUT2D eigenvalue weighted by atomic mass is 16.2. The lowest BCUT2D eigenvalue weighted by molar-refractivity contribution is -0.125. The second-order valence-electron chi connectivity index (χ2n) is 5.81. The number of pyridine rings is 1. The number of nitrogen functional groups attached to an aromatic ring is 1. The number of rotatable bonds is 3. The highest BCUT2D eigenvalue weighted by molar-refractivity contribution is 5.92. The van der Waals surface area contributed by atoms with Crippen LogP contribution in [0.2, 0.25) is 0 Å². The van der Waals surface area contributed by atoms with Gasteiger partial charge in [-0.15, -0.1) is 0 Å². The second-order valence-corrected chi connectivity index (χ2v) is 5.81. The van der Waals surface area contributed by atoms with Crippen LogP contribution in [0.4, 0.5) is 5.82 Å². The van der Waals surface area contributed by atoms with Gasteiger partial charge in [-0.2, -0.15) is 0 Å². The fraction of sp³-hybridized carbons (Fsp3) is 0.200. The van der Waals surface area contributed by atoms with Gasteiger partial charge in [0.25, 0.3) is 0 Å². The van der Waals surface area contributed by atoms with Gasteiger partial charge in [-0.25, -0.2) is 4.98 Å². The number of nitrogens with two attached hydrogens (primary N) is 1. The van der Waals surface area contributed by atoms with Gasteiger partial charge in [0.1, 0.15) is 5.82 Å². The molecule has 1 amide bonds. The van der Waals surface area contributed by atoms with Crippen LogP contribution in [0.15, 0.2) is 60.8 Å². The predicted molar refractivity (Wildman–Crippen MR) is 97.9 cm³/mol. The quantitative estimate of drug-likeness (QED) is 0.882. The Labute approximate surface area is 142 Å². The SMILES string of the molecule is Nc1ccc(/C=C/C(=O)N2CCC=C(c3ccccc3)CC2)cn1. The number of anilines is 1. The van der Waals surface area contributed by atoms with Crippen LogP contribution in [0.25, 0.3) is 11.6 Å². The van der Waals surface area contributed by atoms with Crippen molar-refractivity contribution in [2.75, 3.05) is 18.8 Å². The largest absolute Gasteiger partial charge is 0.384 e. The maximum absolute atomic E-state index is 12.4. The molecule has 0 saturated heterocycles. The first-order valence-corrected chi connectivity index (χ1v) is 8.15. The molecule has 1 aromatic carbocycles.